The molecule has 1 saturated carbocycles. The minimum atomic E-state index is -1.61. The van der Waals surface area contributed by atoms with Gasteiger partial charge in [0.25, 0.3) is 0 Å². The van der Waals surface area contributed by atoms with Gasteiger partial charge >= 0.3 is 0 Å². The summed E-state index contributed by atoms with van der Waals surface area (Å²) in [6.07, 6.45) is 6.04. The Balaban J connectivity index is 1.50. The molecule has 1 nitrogen and oxygen atoms in total. The van der Waals surface area contributed by atoms with Crippen LogP contribution in [-0.2, 0) is 6.61 Å². The van der Waals surface area contributed by atoms with Crippen molar-refractivity contribution < 1.29 is 26.7 Å². The summed E-state index contributed by atoms with van der Waals surface area (Å²) in [5.41, 5.74) is 2.18. The van der Waals surface area contributed by atoms with Gasteiger partial charge in [-0.3, -0.25) is 0 Å². The first-order valence-corrected chi connectivity index (χ1v) is 10.3. The molecule has 0 bridgehead atoms. The van der Waals surface area contributed by atoms with Crippen LogP contribution in [-0.4, -0.2) is 0 Å². The van der Waals surface area contributed by atoms with E-state index in [9.17, 15) is 22.0 Å². The SMILES string of the molecule is Fc1cc(COc2c(F)cc(-c3ccc(C4CCCCC4)cc3)cc2F)cc(F)c1F. The third kappa shape index (κ3) is 4.73. The third-order valence-electron chi connectivity index (χ3n) is 5.75. The second kappa shape index (κ2) is 9.08. The minimum Gasteiger partial charge on any atom is -0.483 e. The lowest BCUT2D eigenvalue weighted by Crippen LogP contribution is -2.04. The molecule has 0 aliphatic heterocycles. The van der Waals surface area contributed by atoms with Crippen molar-refractivity contribution in [2.75, 3.05) is 0 Å². The average molecular weight is 432 g/mol. The Kier molecular flexibility index (Phi) is 6.25. The molecule has 4 rings (SSSR count). The molecule has 31 heavy (non-hydrogen) atoms. The highest BCUT2D eigenvalue weighted by molar-refractivity contribution is 5.65. The average Bonchev–Trinajstić information content (AvgIpc) is 2.77. The van der Waals surface area contributed by atoms with Crippen molar-refractivity contribution in [3.8, 4) is 16.9 Å². The molecule has 0 radical (unpaired) electrons. The predicted molar refractivity (Wildman–Crippen MR) is 108 cm³/mol. The molecule has 3 aromatic rings. The fourth-order valence-corrected chi connectivity index (χ4v) is 4.09. The van der Waals surface area contributed by atoms with Crippen LogP contribution in [0.5, 0.6) is 5.75 Å². The second-order valence-electron chi connectivity index (χ2n) is 7.89. The smallest absolute Gasteiger partial charge is 0.194 e. The van der Waals surface area contributed by atoms with Gasteiger partial charge in [0.1, 0.15) is 6.61 Å². The first-order chi connectivity index (χ1) is 14.9. The van der Waals surface area contributed by atoms with E-state index in [-0.39, 0.29) is 5.56 Å². The number of hydrogen-bond donors (Lipinski definition) is 0. The Morgan fingerprint density at radius 2 is 1.26 bits per heavy atom. The normalized spacial score (nSPS) is 14.6. The van der Waals surface area contributed by atoms with Crippen LogP contribution in [0.3, 0.4) is 0 Å². The van der Waals surface area contributed by atoms with Gasteiger partial charge in [-0.1, -0.05) is 43.5 Å². The Morgan fingerprint density at radius 1 is 0.677 bits per heavy atom. The van der Waals surface area contributed by atoms with Crippen molar-refractivity contribution in [2.24, 2.45) is 0 Å². The number of halogens is 5. The van der Waals surface area contributed by atoms with Crippen molar-refractivity contribution in [1.82, 2.24) is 0 Å². The van der Waals surface area contributed by atoms with E-state index in [2.05, 4.69) is 0 Å². The van der Waals surface area contributed by atoms with Crippen LogP contribution in [0.25, 0.3) is 11.1 Å². The standard InChI is InChI=1S/C25H21F5O/c26-20-10-15(11-21(27)24(20)30)14-31-25-22(28)12-19(13-23(25)29)18-8-6-17(7-9-18)16-4-2-1-3-5-16/h6-13,16H,1-5,14H2. The summed E-state index contributed by atoms with van der Waals surface area (Å²) in [7, 11) is 0. The van der Waals surface area contributed by atoms with Gasteiger partial charge in [0.05, 0.1) is 0 Å². The van der Waals surface area contributed by atoms with Gasteiger partial charge in [-0.05, 0) is 65.3 Å². The minimum absolute atomic E-state index is 0.0856. The van der Waals surface area contributed by atoms with Gasteiger partial charge in [0.2, 0.25) is 0 Å². The highest BCUT2D eigenvalue weighted by Gasteiger charge is 2.18. The van der Waals surface area contributed by atoms with Crippen molar-refractivity contribution in [3.05, 3.63) is 88.7 Å². The molecule has 0 heterocycles. The number of rotatable bonds is 5. The molecule has 3 aromatic carbocycles. The molecule has 0 saturated heterocycles. The highest BCUT2D eigenvalue weighted by Crippen LogP contribution is 2.35. The van der Waals surface area contributed by atoms with Crippen molar-refractivity contribution >= 4 is 0 Å². The maximum Gasteiger partial charge on any atom is 0.194 e. The molecule has 1 aliphatic carbocycles. The summed E-state index contributed by atoms with van der Waals surface area (Å²) in [6, 6.07) is 11.4. The largest absolute Gasteiger partial charge is 0.483 e. The molecule has 0 atom stereocenters. The van der Waals surface area contributed by atoms with Gasteiger partial charge < -0.3 is 4.74 Å². The number of ether oxygens (including phenoxy) is 1. The van der Waals surface area contributed by atoms with E-state index in [1.54, 1.807) is 0 Å². The van der Waals surface area contributed by atoms with Crippen LogP contribution in [0.15, 0.2) is 48.5 Å². The summed E-state index contributed by atoms with van der Waals surface area (Å²) >= 11 is 0. The quantitative estimate of drug-likeness (QED) is 0.297. The first kappa shape index (κ1) is 21.3. The van der Waals surface area contributed by atoms with Gasteiger partial charge in [0, 0.05) is 0 Å². The fourth-order valence-electron chi connectivity index (χ4n) is 4.09. The van der Waals surface area contributed by atoms with E-state index < -0.39 is 41.4 Å². The molecule has 1 aliphatic rings. The van der Waals surface area contributed by atoms with E-state index in [1.807, 2.05) is 24.3 Å². The van der Waals surface area contributed by atoms with Crippen LogP contribution >= 0.6 is 0 Å². The van der Waals surface area contributed by atoms with Gasteiger partial charge in [-0.25, -0.2) is 22.0 Å². The molecule has 0 aromatic heterocycles. The van der Waals surface area contributed by atoms with Crippen LogP contribution in [0.1, 0.15) is 49.1 Å². The molecule has 6 heteroatoms. The Bertz CT molecular complexity index is 1030. The molecule has 0 unspecified atom stereocenters. The van der Waals surface area contributed by atoms with E-state index in [0.717, 1.165) is 37.1 Å². The highest BCUT2D eigenvalue weighted by atomic mass is 19.2. The topological polar surface area (TPSA) is 9.23 Å². The molecular formula is C25H21F5O. The lowest BCUT2D eigenvalue weighted by atomic mass is 9.84. The number of hydrogen-bond acceptors (Lipinski definition) is 1. The first-order valence-electron chi connectivity index (χ1n) is 10.3. The summed E-state index contributed by atoms with van der Waals surface area (Å²) in [4.78, 5) is 0. The van der Waals surface area contributed by atoms with Gasteiger partial charge in [-0.15, -0.1) is 0 Å². The Labute approximate surface area is 177 Å². The summed E-state index contributed by atoms with van der Waals surface area (Å²) < 4.78 is 73.7. The van der Waals surface area contributed by atoms with Crippen molar-refractivity contribution in [1.29, 1.82) is 0 Å². The van der Waals surface area contributed by atoms with Gasteiger partial charge in [0.15, 0.2) is 34.8 Å². The molecular weight excluding hydrogens is 411 g/mol. The molecule has 162 valence electrons. The Hall–Kier alpha value is -2.89. The van der Waals surface area contributed by atoms with Crippen LogP contribution in [0.4, 0.5) is 22.0 Å². The maximum atomic E-state index is 14.5. The molecule has 1 fully saturated rings. The Morgan fingerprint density at radius 3 is 1.84 bits per heavy atom. The lowest BCUT2D eigenvalue weighted by molar-refractivity contribution is 0.272. The van der Waals surface area contributed by atoms with Crippen LogP contribution in [0.2, 0.25) is 0 Å². The van der Waals surface area contributed by atoms with E-state index in [0.29, 0.717) is 17.0 Å². The van der Waals surface area contributed by atoms with Gasteiger partial charge in [-0.2, -0.15) is 0 Å². The maximum absolute atomic E-state index is 14.5. The predicted octanol–water partition coefficient (Wildman–Crippen LogP) is 7.68. The summed E-state index contributed by atoms with van der Waals surface area (Å²) in [5, 5.41) is 0. The van der Waals surface area contributed by atoms with Crippen LogP contribution < -0.4 is 4.74 Å². The number of benzene rings is 3. The monoisotopic (exact) mass is 432 g/mol. The zero-order valence-corrected chi connectivity index (χ0v) is 16.7. The summed E-state index contributed by atoms with van der Waals surface area (Å²) in [5.74, 6) is -6.40. The zero-order chi connectivity index (χ0) is 22.0. The fraction of sp³-hybridized carbons (Fsp3) is 0.280. The molecule has 0 amide bonds. The molecule has 0 N–H and O–H groups in total. The summed E-state index contributed by atoms with van der Waals surface area (Å²) in [6.45, 7) is -0.516. The third-order valence-corrected chi connectivity index (χ3v) is 5.75. The zero-order valence-electron chi connectivity index (χ0n) is 16.7. The molecule has 0 spiro atoms. The second-order valence-corrected chi connectivity index (χ2v) is 7.89. The van der Waals surface area contributed by atoms with Crippen LogP contribution in [0, 0.1) is 29.1 Å². The van der Waals surface area contributed by atoms with E-state index >= 15 is 0 Å². The van der Waals surface area contributed by atoms with E-state index in [1.165, 1.54) is 24.8 Å². The van der Waals surface area contributed by atoms with Crippen molar-refractivity contribution in [2.45, 2.75) is 44.6 Å². The van der Waals surface area contributed by atoms with E-state index in [4.69, 9.17) is 4.74 Å². The van der Waals surface area contributed by atoms with Crippen molar-refractivity contribution in [3.63, 3.8) is 0 Å². The lowest BCUT2D eigenvalue weighted by Gasteiger charge is -2.22.